The maximum absolute atomic E-state index is 13.2. The average Bonchev–Trinajstić information content (AvgIpc) is 2.83. The van der Waals surface area contributed by atoms with Gasteiger partial charge in [-0.1, -0.05) is 12.1 Å². The normalized spacial score (nSPS) is 15.1. The molecule has 178 valence electrons. The van der Waals surface area contributed by atoms with Crippen molar-refractivity contribution in [1.29, 1.82) is 0 Å². The Hall–Kier alpha value is -4.34. The first-order valence-corrected chi connectivity index (χ1v) is 10.4. The molecule has 1 atom stereocenters. The Balaban J connectivity index is 2.11. The summed E-state index contributed by atoms with van der Waals surface area (Å²) in [6, 6.07) is 9.88. The zero-order chi connectivity index (χ0) is 24.8. The van der Waals surface area contributed by atoms with Crippen molar-refractivity contribution in [1.82, 2.24) is 10.2 Å². The Morgan fingerprint density at radius 1 is 1.06 bits per heavy atom. The molecule has 0 aliphatic carbocycles. The van der Waals surface area contributed by atoms with Crippen LogP contribution >= 0.6 is 0 Å². The van der Waals surface area contributed by atoms with E-state index >= 15 is 0 Å². The first kappa shape index (κ1) is 24.3. The van der Waals surface area contributed by atoms with Gasteiger partial charge in [0.05, 0.1) is 26.3 Å². The number of nitrogens with one attached hydrogen (secondary N) is 1. The molecule has 0 saturated heterocycles. The number of ketones is 1. The fourth-order valence-electron chi connectivity index (χ4n) is 3.46. The van der Waals surface area contributed by atoms with E-state index in [-0.39, 0.29) is 18.7 Å². The largest absolute Gasteiger partial charge is 0.497 e. The molecular weight excluding hydrogens is 442 g/mol. The molecule has 2 N–H and O–H groups in total. The van der Waals surface area contributed by atoms with Crippen molar-refractivity contribution >= 4 is 29.4 Å². The minimum atomic E-state index is -1.47. The van der Waals surface area contributed by atoms with E-state index < -0.39 is 29.7 Å². The maximum Gasteiger partial charge on any atom is 0.323 e. The number of carboxylic acids is 1. The van der Waals surface area contributed by atoms with Crippen molar-refractivity contribution < 1.29 is 33.8 Å². The molecule has 3 amide bonds. The number of aliphatic carboxylic acids is 1. The Morgan fingerprint density at radius 3 is 2.44 bits per heavy atom. The summed E-state index contributed by atoms with van der Waals surface area (Å²) in [5, 5.41) is 11.4. The molecular formula is C24H25N3O7. The van der Waals surface area contributed by atoms with Crippen molar-refractivity contribution in [2.75, 3.05) is 32.7 Å². The number of urea groups is 1. The smallest absolute Gasteiger partial charge is 0.323 e. The van der Waals surface area contributed by atoms with Crippen LogP contribution < -0.4 is 19.7 Å². The van der Waals surface area contributed by atoms with Crippen LogP contribution in [-0.2, 0) is 14.4 Å². The minimum Gasteiger partial charge on any atom is -0.497 e. The van der Waals surface area contributed by atoms with E-state index in [2.05, 4.69) is 5.32 Å². The van der Waals surface area contributed by atoms with Crippen LogP contribution in [0.4, 0.5) is 10.5 Å². The molecule has 0 unspecified atom stereocenters. The monoisotopic (exact) mass is 467 g/mol. The van der Waals surface area contributed by atoms with Crippen LogP contribution in [-0.4, -0.2) is 67.6 Å². The minimum absolute atomic E-state index is 0.182. The van der Waals surface area contributed by atoms with Crippen LogP contribution in [0.15, 0.2) is 54.7 Å². The van der Waals surface area contributed by atoms with E-state index in [0.717, 1.165) is 10.5 Å². The zero-order valence-electron chi connectivity index (χ0n) is 19.0. The number of methoxy groups -OCH3 is 2. The van der Waals surface area contributed by atoms with Gasteiger partial charge in [0.1, 0.15) is 11.5 Å². The summed E-state index contributed by atoms with van der Waals surface area (Å²) in [5.41, 5.74) is 1.63. The molecule has 10 nitrogen and oxygen atoms in total. The van der Waals surface area contributed by atoms with Gasteiger partial charge in [-0.15, -0.1) is 0 Å². The van der Waals surface area contributed by atoms with Crippen LogP contribution in [0.3, 0.4) is 0 Å². The van der Waals surface area contributed by atoms with Crippen LogP contribution in [0.5, 0.6) is 11.5 Å². The molecule has 0 saturated carbocycles. The van der Waals surface area contributed by atoms with Crippen LogP contribution in [0, 0.1) is 0 Å². The van der Waals surface area contributed by atoms with Crippen LogP contribution in [0.2, 0.25) is 0 Å². The van der Waals surface area contributed by atoms with E-state index in [1.54, 1.807) is 37.4 Å². The third kappa shape index (κ3) is 5.34. The summed E-state index contributed by atoms with van der Waals surface area (Å²) in [4.78, 5) is 52.0. The van der Waals surface area contributed by atoms with Crippen molar-refractivity contribution in [2.45, 2.75) is 12.5 Å². The fraction of sp³-hybridized carbons (Fsp3) is 0.250. The predicted molar refractivity (Wildman–Crippen MR) is 124 cm³/mol. The number of nitrogens with zero attached hydrogens (tertiary/aromatic N) is 2. The highest BCUT2D eigenvalue weighted by Crippen LogP contribution is 2.33. The summed E-state index contributed by atoms with van der Waals surface area (Å²) < 4.78 is 10.7. The molecule has 10 heteroatoms. The summed E-state index contributed by atoms with van der Waals surface area (Å²) in [6.07, 6.45) is 2.22. The molecule has 0 fully saturated rings. The van der Waals surface area contributed by atoms with E-state index in [9.17, 15) is 19.2 Å². The van der Waals surface area contributed by atoms with Gasteiger partial charge in [0.2, 0.25) is 0 Å². The first-order chi connectivity index (χ1) is 16.2. The third-order valence-electron chi connectivity index (χ3n) is 5.21. The Morgan fingerprint density at radius 2 is 1.76 bits per heavy atom. The second-order valence-electron chi connectivity index (χ2n) is 7.47. The predicted octanol–water partition coefficient (Wildman–Crippen LogP) is 2.28. The first-order valence-electron chi connectivity index (χ1n) is 10.4. The standard InChI is InChI=1S/C24H25N3O7/c1-26-10-8-20(28)22(23(26)31)27(24(32)25-9-7-21(29)30)17-11-16(13-19(14-17)34-3)15-5-4-6-18(12-15)33-2/h4-6,8,10-14,22H,7,9H2,1-3H3,(H,25,32)(H,29,30)/t22-/m0/s1. The molecule has 2 aromatic carbocycles. The lowest BCUT2D eigenvalue weighted by atomic mass is 10.0. The number of amides is 3. The number of likely N-dealkylation sites (N-methyl/N-ethyl adjacent to an activating group) is 1. The number of anilines is 1. The lowest BCUT2D eigenvalue weighted by Crippen LogP contribution is -2.57. The lowest BCUT2D eigenvalue weighted by Gasteiger charge is -2.33. The SMILES string of the molecule is COc1cccc(-c2cc(OC)cc(N(C(=O)NCCC(=O)O)[C@H]3C(=O)C=CN(C)C3=O)c2)c1. The number of carboxylic acid groups (broad SMARTS) is 1. The van der Waals surface area contributed by atoms with Gasteiger partial charge < -0.3 is 24.8 Å². The second-order valence-corrected chi connectivity index (χ2v) is 7.47. The van der Waals surface area contributed by atoms with E-state index in [1.165, 1.54) is 37.4 Å². The lowest BCUT2D eigenvalue weighted by molar-refractivity contribution is -0.137. The molecule has 3 rings (SSSR count). The van der Waals surface area contributed by atoms with E-state index in [4.69, 9.17) is 14.6 Å². The molecule has 1 aliphatic rings. The van der Waals surface area contributed by atoms with Crippen molar-refractivity contribution in [3.8, 4) is 22.6 Å². The highest BCUT2D eigenvalue weighted by molar-refractivity contribution is 6.19. The van der Waals surface area contributed by atoms with Crippen LogP contribution in [0.25, 0.3) is 11.1 Å². The molecule has 2 aromatic rings. The van der Waals surface area contributed by atoms with Crippen molar-refractivity contribution in [3.05, 3.63) is 54.7 Å². The van der Waals surface area contributed by atoms with Gasteiger partial charge in [-0.3, -0.25) is 19.3 Å². The average molecular weight is 467 g/mol. The molecule has 0 spiro atoms. The number of carbonyl (C=O) groups is 4. The number of hydrogen-bond acceptors (Lipinski definition) is 6. The maximum atomic E-state index is 13.2. The molecule has 34 heavy (non-hydrogen) atoms. The summed E-state index contributed by atoms with van der Waals surface area (Å²) in [5.74, 6) is -1.28. The van der Waals surface area contributed by atoms with Gasteiger partial charge in [-0.25, -0.2) is 4.79 Å². The quantitative estimate of drug-likeness (QED) is 0.571. The van der Waals surface area contributed by atoms with Gasteiger partial charge in [-0.2, -0.15) is 0 Å². The van der Waals surface area contributed by atoms with Gasteiger partial charge in [-0.05, 0) is 35.4 Å². The highest BCUT2D eigenvalue weighted by Gasteiger charge is 2.39. The van der Waals surface area contributed by atoms with E-state index in [1.807, 2.05) is 6.07 Å². The molecule has 0 bridgehead atoms. The Bertz CT molecular complexity index is 1150. The fourth-order valence-corrected chi connectivity index (χ4v) is 3.46. The molecule has 1 heterocycles. The van der Waals surface area contributed by atoms with Gasteiger partial charge in [0.25, 0.3) is 5.91 Å². The Labute approximate surface area is 196 Å². The van der Waals surface area contributed by atoms with E-state index in [0.29, 0.717) is 17.1 Å². The van der Waals surface area contributed by atoms with Crippen molar-refractivity contribution in [2.24, 2.45) is 0 Å². The number of benzene rings is 2. The number of carbonyl (C=O) groups excluding carboxylic acids is 3. The number of hydrogen-bond donors (Lipinski definition) is 2. The molecule has 0 radical (unpaired) electrons. The molecule has 0 aromatic heterocycles. The molecule has 1 aliphatic heterocycles. The summed E-state index contributed by atoms with van der Waals surface area (Å²) in [6.45, 7) is -0.182. The summed E-state index contributed by atoms with van der Waals surface area (Å²) in [7, 11) is 4.48. The van der Waals surface area contributed by atoms with Crippen LogP contribution in [0.1, 0.15) is 6.42 Å². The highest BCUT2D eigenvalue weighted by atomic mass is 16.5. The topological polar surface area (TPSA) is 125 Å². The van der Waals surface area contributed by atoms with Gasteiger partial charge in [0, 0.05) is 31.9 Å². The second kappa shape index (κ2) is 10.5. The zero-order valence-corrected chi connectivity index (χ0v) is 19.0. The number of rotatable bonds is 8. The Kier molecular flexibility index (Phi) is 7.52. The van der Waals surface area contributed by atoms with Gasteiger partial charge >= 0.3 is 12.0 Å². The number of ether oxygens (including phenoxy) is 2. The van der Waals surface area contributed by atoms with Crippen molar-refractivity contribution in [3.63, 3.8) is 0 Å². The van der Waals surface area contributed by atoms with Gasteiger partial charge in [0.15, 0.2) is 11.8 Å². The summed E-state index contributed by atoms with van der Waals surface area (Å²) >= 11 is 0. The third-order valence-corrected chi connectivity index (χ3v) is 5.21.